The van der Waals surface area contributed by atoms with Gasteiger partial charge in [-0.2, -0.15) is 0 Å². The van der Waals surface area contributed by atoms with Crippen LogP contribution in [0.15, 0.2) is 24.3 Å². The number of carbonyl (C=O) groups excluding carboxylic acids is 2. The molecule has 1 heterocycles. The molecular formula is C18H27N3O3. The Hall–Kier alpha value is -2.24. The Labute approximate surface area is 143 Å². The minimum Gasteiger partial charge on any atom is -0.496 e. The van der Waals surface area contributed by atoms with Crippen molar-refractivity contribution in [1.29, 1.82) is 0 Å². The van der Waals surface area contributed by atoms with Gasteiger partial charge in [0.1, 0.15) is 5.75 Å². The van der Waals surface area contributed by atoms with Gasteiger partial charge in [-0.05, 0) is 25.3 Å². The molecule has 0 aliphatic carbocycles. The van der Waals surface area contributed by atoms with Gasteiger partial charge in [-0.3, -0.25) is 4.79 Å². The Morgan fingerprint density at radius 1 is 1.21 bits per heavy atom. The maximum Gasteiger partial charge on any atom is 0.315 e. The van der Waals surface area contributed by atoms with Gasteiger partial charge in [-0.1, -0.05) is 24.6 Å². The van der Waals surface area contributed by atoms with E-state index in [1.165, 1.54) is 0 Å². The highest BCUT2D eigenvalue weighted by molar-refractivity contribution is 5.76. The van der Waals surface area contributed by atoms with Gasteiger partial charge in [0.25, 0.3) is 0 Å². The first-order chi connectivity index (χ1) is 11.7. The number of amides is 3. The first kappa shape index (κ1) is 18.1. The minimum atomic E-state index is -0.205. The van der Waals surface area contributed by atoms with E-state index in [0.717, 1.165) is 43.5 Å². The summed E-state index contributed by atoms with van der Waals surface area (Å²) in [7, 11) is 1.61. The van der Waals surface area contributed by atoms with E-state index in [4.69, 9.17) is 4.74 Å². The molecule has 0 spiro atoms. The van der Waals surface area contributed by atoms with Crippen LogP contribution < -0.4 is 15.4 Å². The Kier molecular flexibility index (Phi) is 7.39. The Morgan fingerprint density at radius 2 is 2.04 bits per heavy atom. The molecule has 24 heavy (non-hydrogen) atoms. The molecule has 2 rings (SSSR count). The van der Waals surface area contributed by atoms with Gasteiger partial charge in [-0.15, -0.1) is 0 Å². The monoisotopic (exact) mass is 333 g/mol. The molecule has 0 aromatic heterocycles. The zero-order chi connectivity index (χ0) is 17.2. The van der Waals surface area contributed by atoms with E-state index < -0.39 is 0 Å². The number of hydrogen-bond donors (Lipinski definition) is 2. The summed E-state index contributed by atoms with van der Waals surface area (Å²) in [6.45, 7) is 2.53. The predicted molar refractivity (Wildman–Crippen MR) is 92.9 cm³/mol. The Bertz CT molecular complexity index is 548. The number of rotatable bonds is 7. The fraction of sp³-hybridized carbons (Fsp3) is 0.556. The second-order valence-electron chi connectivity index (χ2n) is 5.97. The molecule has 3 amide bonds. The summed E-state index contributed by atoms with van der Waals surface area (Å²) < 4.78 is 5.25. The lowest BCUT2D eigenvalue weighted by molar-refractivity contribution is -0.130. The van der Waals surface area contributed by atoms with Crippen LogP contribution in [0.25, 0.3) is 0 Å². The second-order valence-corrected chi connectivity index (χ2v) is 5.97. The largest absolute Gasteiger partial charge is 0.496 e. The first-order valence-electron chi connectivity index (χ1n) is 8.62. The Morgan fingerprint density at radius 3 is 2.88 bits per heavy atom. The molecule has 1 aromatic rings. The topological polar surface area (TPSA) is 70.7 Å². The summed E-state index contributed by atoms with van der Waals surface area (Å²) in [5.74, 6) is 1.01. The van der Waals surface area contributed by atoms with Gasteiger partial charge < -0.3 is 20.3 Å². The second kappa shape index (κ2) is 9.80. The fourth-order valence-electron chi connectivity index (χ4n) is 2.83. The number of para-hydroxylation sites is 1. The van der Waals surface area contributed by atoms with Gasteiger partial charge in [0, 0.05) is 38.2 Å². The van der Waals surface area contributed by atoms with Crippen molar-refractivity contribution in [3.63, 3.8) is 0 Å². The van der Waals surface area contributed by atoms with Gasteiger partial charge in [-0.25, -0.2) is 4.79 Å². The summed E-state index contributed by atoms with van der Waals surface area (Å²) in [5, 5.41) is 5.65. The molecule has 2 N–H and O–H groups in total. The fourth-order valence-corrected chi connectivity index (χ4v) is 2.83. The van der Waals surface area contributed by atoms with Gasteiger partial charge in [0.15, 0.2) is 0 Å². The third-order valence-corrected chi connectivity index (χ3v) is 4.19. The molecule has 0 bridgehead atoms. The lowest BCUT2D eigenvalue weighted by Crippen LogP contribution is -2.38. The highest BCUT2D eigenvalue weighted by Gasteiger charge is 2.15. The van der Waals surface area contributed by atoms with E-state index >= 15 is 0 Å². The van der Waals surface area contributed by atoms with Crippen molar-refractivity contribution in [3.8, 4) is 5.75 Å². The van der Waals surface area contributed by atoms with Crippen LogP contribution in [0.3, 0.4) is 0 Å². The molecule has 1 aliphatic heterocycles. The molecule has 1 aromatic carbocycles. The van der Waals surface area contributed by atoms with Crippen molar-refractivity contribution in [2.45, 2.75) is 38.6 Å². The number of urea groups is 1. The van der Waals surface area contributed by atoms with Crippen molar-refractivity contribution in [2.24, 2.45) is 0 Å². The highest BCUT2D eigenvalue weighted by Crippen LogP contribution is 2.16. The zero-order valence-electron chi connectivity index (χ0n) is 14.3. The molecule has 6 heteroatoms. The number of nitrogens with zero attached hydrogens (tertiary/aromatic N) is 1. The number of benzene rings is 1. The minimum absolute atomic E-state index is 0.205. The molecular weight excluding hydrogens is 306 g/mol. The Balaban J connectivity index is 1.63. The van der Waals surface area contributed by atoms with Gasteiger partial charge in [0.05, 0.1) is 7.11 Å². The van der Waals surface area contributed by atoms with Crippen molar-refractivity contribution in [1.82, 2.24) is 15.5 Å². The predicted octanol–water partition coefficient (Wildman–Crippen LogP) is 2.29. The average Bonchev–Trinajstić information content (AvgIpc) is 2.81. The van der Waals surface area contributed by atoms with Gasteiger partial charge in [0.2, 0.25) is 5.91 Å². The number of ether oxygens (including phenoxy) is 1. The van der Waals surface area contributed by atoms with Crippen LogP contribution in [0.1, 0.15) is 37.7 Å². The zero-order valence-corrected chi connectivity index (χ0v) is 14.3. The maximum atomic E-state index is 11.9. The van der Waals surface area contributed by atoms with Crippen molar-refractivity contribution >= 4 is 11.9 Å². The lowest BCUT2D eigenvalue weighted by atomic mass is 10.2. The summed E-state index contributed by atoms with van der Waals surface area (Å²) in [5.41, 5.74) is 0.935. The molecule has 6 nitrogen and oxygen atoms in total. The molecule has 1 fully saturated rings. The van der Waals surface area contributed by atoms with E-state index in [-0.39, 0.29) is 11.9 Å². The molecule has 0 atom stereocenters. The smallest absolute Gasteiger partial charge is 0.315 e. The number of methoxy groups -OCH3 is 1. The molecule has 1 saturated heterocycles. The standard InChI is InChI=1S/C18H27N3O3/c1-24-16-9-5-4-8-15(16)14-20-18(23)19-11-7-13-21-12-6-2-3-10-17(21)22/h4-5,8-9H,2-3,6-7,10-14H2,1H3,(H2,19,20,23). The number of likely N-dealkylation sites (tertiary alicyclic amines) is 1. The van der Waals surface area contributed by atoms with Crippen LogP contribution in [-0.4, -0.2) is 43.6 Å². The van der Waals surface area contributed by atoms with Crippen LogP contribution in [0.2, 0.25) is 0 Å². The van der Waals surface area contributed by atoms with Crippen LogP contribution in [0.5, 0.6) is 5.75 Å². The molecule has 132 valence electrons. The van der Waals surface area contributed by atoms with Crippen LogP contribution in [0, 0.1) is 0 Å². The molecule has 0 unspecified atom stereocenters. The average molecular weight is 333 g/mol. The lowest BCUT2D eigenvalue weighted by Gasteiger charge is -2.20. The van der Waals surface area contributed by atoms with Crippen molar-refractivity contribution in [2.75, 3.05) is 26.7 Å². The third kappa shape index (κ3) is 5.76. The molecule has 0 saturated carbocycles. The van der Waals surface area contributed by atoms with E-state index in [2.05, 4.69) is 10.6 Å². The molecule has 0 radical (unpaired) electrons. The van der Waals surface area contributed by atoms with Crippen LogP contribution in [0.4, 0.5) is 4.79 Å². The van der Waals surface area contributed by atoms with E-state index in [1.54, 1.807) is 7.11 Å². The summed E-state index contributed by atoms with van der Waals surface area (Å²) in [4.78, 5) is 25.6. The normalized spacial score (nSPS) is 14.9. The van der Waals surface area contributed by atoms with Crippen LogP contribution >= 0.6 is 0 Å². The van der Waals surface area contributed by atoms with E-state index in [0.29, 0.717) is 26.1 Å². The van der Waals surface area contributed by atoms with Crippen LogP contribution in [-0.2, 0) is 11.3 Å². The number of carbonyl (C=O) groups is 2. The van der Waals surface area contributed by atoms with Crippen molar-refractivity contribution < 1.29 is 14.3 Å². The highest BCUT2D eigenvalue weighted by atomic mass is 16.5. The first-order valence-corrected chi connectivity index (χ1v) is 8.62. The summed E-state index contributed by atoms with van der Waals surface area (Å²) >= 11 is 0. The third-order valence-electron chi connectivity index (χ3n) is 4.19. The summed E-state index contributed by atoms with van der Waals surface area (Å²) in [6, 6.07) is 7.39. The van der Waals surface area contributed by atoms with E-state index in [9.17, 15) is 9.59 Å². The number of nitrogens with one attached hydrogen (secondary N) is 2. The maximum absolute atomic E-state index is 11.9. The molecule has 1 aliphatic rings. The SMILES string of the molecule is COc1ccccc1CNC(=O)NCCCN1CCCCCC1=O. The van der Waals surface area contributed by atoms with Gasteiger partial charge >= 0.3 is 6.03 Å². The number of hydrogen-bond acceptors (Lipinski definition) is 3. The van der Waals surface area contributed by atoms with E-state index in [1.807, 2.05) is 29.2 Å². The summed E-state index contributed by atoms with van der Waals surface area (Å²) in [6.07, 6.45) is 4.64. The quantitative estimate of drug-likeness (QED) is 0.752. The van der Waals surface area contributed by atoms with Crippen molar-refractivity contribution in [3.05, 3.63) is 29.8 Å².